The fourth-order valence-corrected chi connectivity index (χ4v) is 4.64. The Morgan fingerprint density at radius 3 is 2.79 bits per heavy atom. The molecule has 1 saturated heterocycles. The number of hydrogen-bond donors (Lipinski definition) is 1. The van der Waals surface area contributed by atoms with Crippen molar-refractivity contribution < 1.29 is 4.74 Å². The molecule has 0 saturated carbocycles. The second kappa shape index (κ2) is 9.47. The van der Waals surface area contributed by atoms with Gasteiger partial charge in [0.1, 0.15) is 5.75 Å². The van der Waals surface area contributed by atoms with Crippen molar-refractivity contribution in [2.24, 2.45) is 5.92 Å². The summed E-state index contributed by atoms with van der Waals surface area (Å²) in [6.45, 7) is 5.77. The molecule has 29 heavy (non-hydrogen) atoms. The first-order chi connectivity index (χ1) is 14.2. The number of para-hydroxylation sites is 1. The van der Waals surface area contributed by atoms with Crippen molar-refractivity contribution in [3.05, 3.63) is 65.9 Å². The molecule has 0 amide bonds. The number of fused-ring (bicyclic) bond motifs is 1. The van der Waals surface area contributed by atoms with Gasteiger partial charge in [0.05, 0.1) is 7.11 Å². The van der Waals surface area contributed by atoms with E-state index in [4.69, 9.17) is 4.74 Å². The van der Waals surface area contributed by atoms with Gasteiger partial charge < -0.3 is 19.5 Å². The number of methoxy groups -OCH3 is 1. The zero-order valence-corrected chi connectivity index (χ0v) is 17.7. The average molecular weight is 392 g/mol. The SMILES string of the molecule is COc1ccc(CCN2CCCC(CN(C)Cc3c[nH]c4ccccc34)C2)cc1. The van der Waals surface area contributed by atoms with E-state index in [0.29, 0.717) is 0 Å². The molecule has 1 aromatic heterocycles. The summed E-state index contributed by atoms with van der Waals surface area (Å²) in [5, 5.41) is 1.35. The molecule has 0 spiro atoms. The predicted octanol–water partition coefficient (Wildman–Crippen LogP) is 4.56. The highest BCUT2D eigenvalue weighted by molar-refractivity contribution is 5.82. The van der Waals surface area contributed by atoms with Crippen LogP contribution in [0.15, 0.2) is 54.7 Å². The van der Waals surface area contributed by atoms with Crippen LogP contribution in [0.3, 0.4) is 0 Å². The maximum Gasteiger partial charge on any atom is 0.118 e. The van der Waals surface area contributed by atoms with Crippen LogP contribution in [0.25, 0.3) is 10.9 Å². The molecule has 2 aromatic carbocycles. The van der Waals surface area contributed by atoms with Gasteiger partial charge in [0, 0.05) is 43.3 Å². The van der Waals surface area contributed by atoms with Crippen molar-refractivity contribution in [3.63, 3.8) is 0 Å². The second-order valence-electron chi connectivity index (χ2n) is 8.46. The lowest BCUT2D eigenvalue weighted by Gasteiger charge is -2.34. The number of hydrogen-bond acceptors (Lipinski definition) is 3. The number of aromatic nitrogens is 1. The highest BCUT2D eigenvalue weighted by atomic mass is 16.5. The monoisotopic (exact) mass is 391 g/mol. The smallest absolute Gasteiger partial charge is 0.118 e. The van der Waals surface area contributed by atoms with Gasteiger partial charge >= 0.3 is 0 Å². The van der Waals surface area contributed by atoms with Gasteiger partial charge in [0.2, 0.25) is 0 Å². The Morgan fingerprint density at radius 2 is 1.97 bits per heavy atom. The van der Waals surface area contributed by atoms with Gasteiger partial charge in [-0.25, -0.2) is 0 Å². The third-order valence-electron chi connectivity index (χ3n) is 6.16. The minimum absolute atomic E-state index is 0.759. The van der Waals surface area contributed by atoms with Crippen LogP contribution in [-0.2, 0) is 13.0 Å². The minimum atomic E-state index is 0.759. The maximum absolute atomic E-state index is 5.26. The first-order valence-corrected chi connectivity index (χ1v) is 10.8. The highest BCUT2D eigenvalue weighted by Crippen LogP contribution is 2.22. The zero-order valence-electron chi connectivity index (χ0n) is 17.7. The topological polar surface area (TPSA) is 31.5 Å². The molecular formula is C25H33N3O. The van der Waals surface area contributed by atoms with Crippen molar-refractivity contribution in [1.29, 1.82) is 0 Å². The van der Waals surface area contributed by atoms with Crippen LogP contribution in [0.5, 0.6) is 5.75 Å². The van der Waals surface area contributed by atoms with E-state index >= 15 is 0 Å². The lowest BCUT2D eigenvalue weighted by molar-refractivity contribution is 0.142. The Kier molecular flexibility index (Phi) is 6.53. The third kappa shape index (κ3) is 5.20. The molecular weight excluding hydrogens is 358 g/mol. The van der Waals surface area contributed by atoms with Gasteiger partial charge in [0.25, 0.3) is 0 Å². The van der Waals surface area contributed by atoms with E-state index in [1.54, 1.807) is 7.11 Å². The van der Waals surface area contributed by atoms with Gasteiger partial charge in [-0.3, -0.25) is 0 Å². The summed E-state index contributed by atoms with van der Waals surface area (Å²) in [6, 6.07) is 17.1. The van der Waals surface area contributed by atoms with Crippen LogP contribution >= 0.6 is 0 Å². The predicted molar refractivity (Wildman–Crippen MR) is 120 cm³/mol. The van der Waals surface area contributed by atoms with Crippen molar-refractivity contribution in [1.82, 2.24) is 14.8 Å². The van der Waals surface area contributed by atoms with Crippen LogP contribution in [0, 0.1) is 5.92 Å². The van der Waals surface area contributed by atoms with Gasteiger partial charge in [-0.1, -0.05) is 30.3 Å². The molecule has 4 heteroatoms. The van der Waals surface area contributed by atoms with E-state index in [1.165, 1.54) is 54.5 Å². The first kappa shape index (κ1) is 20.0. The molecule has 1 aliphatic heterocycles. The Morgan fingerprint density at radius 1 is 1.14 bits per heavy atom. The Bertz CT molecular complexity index is 902. The fourth-order valence-electron chi connectivity index (χ4n) is 4.64. The molecule has 3 aromatic rings. The molecule has 1 unspecified atom stereocenters. The number of ether oxygens (including phenoxy) is 1. The second-order valence-corrected chi connectivity index (χ2v) is 8.46. The average Bonchev–Trinajstić information content (AvgIpc) is 3.15. The number of aromatic amines is 1. The Hall–Kier alpha value is -2.30. The van der Waals surface area contributed by atoms with E-state index in [2.05, 4.69) is 76.6 Å². The van der Waals surface area contributed by atoms with Crippen LogP contribution in [0.4, 0.5) is 0 Å². The summed E-state index contributed by atoms with van der Waals surface area (Å²) in [5.74, 6) is 1.69. The molecule has 1 atom stereocenters. The summed E-state index contributed by atoms with van der Waals surface area (Å²) in [7, 11) is 3.98. The Balaban J connectivity index is 1.26. The number of nitrogens with one attached hydrogen (secondary N) is 1. The summed E-state index contributed by atoms with van der Waals surface area (Å²) in [6.07, 6.45) is 5.94. The zero-order chi connectivity index (χ0) is 20.1. The third-order valence-corrected chi connectivity index (χ3v) is 6.16. The largest absolute Gasteiger partial charge is 0.497 e. The lowest BCUT2D eigenvalue weighted by Crippen LogP contribution is -2.40. The quantitative estimate of drug-likeness (QED) is 0.611. The normalized spacial score (nSPS) is 17.8. The summed E-state index contributed by atoms with van der Waals surface area (Å²) < 4.78 is 5.26. The number of likely N-dealkylation sites (tertiary alicyclic amines) is 1. The van der Waals surface area contributed by atoms with E-state index in [1.807, 2.05) is 0 Å². The van der Waals surface area contributed by atoms with Crippen LogP contribution in [-0.4, -0.2) is 55.1 Å². The van der Waals surface area contributed by atoms with E-state index in [-0.39, 0.29) is 0 Å². The molecule has 154 valence electrons. The molecule has 1 N–H and O–H groups in total. The number of rotatable bonds is 8. The highest BCUT2D eigenvalue weighted by Gasteiger charge is 2.21. The molecule has 4 nitrogen and oxygen atoms in total. The van der Waals surface area contributed by atoms with Crippen LogP contribution < -0.4 is 4.74 Å². The summed E-state index contributed by atoms with van der Waals surface area (Å²) in [4.78, 5) is 8.54. The standard InChI is InChI=1S/C25H33N3O/c1-27(19-22-16-26-25-8-4-3-7-24(22)25)17-21-6-5-14-28(18-21)15-13-20-9-11-23(29-2)12-10-20/h3-4,7-12,16,21,26H,5-6,13-15,17-19H2,1-2H3. The molecule has 1 aliphatic rings. The number of H-pyrrole nitrogens is 1. The van der Waals surface area contributed by atoms with E-state index in [0.717, 1.165) is 31.2 Å². The van der Waals surface area contributed by atoms with E-state index < -0.39 is 0 Å². The van der Waals surface area contributed by atoms with Gasteiger partial charge in [-0.15, -0.1) is 0 Å². The molecule has 0 bridgehead atoms. The Labute approximate surface area is 174 Å². The number of piperidine rings is 1. The maximum atomic E-state index is 5.26. The first-order valence-electron chi connectivity index (χ1n) is 10.8. The van der Waals surface area contributed by atoms with Crippen molar-refractivity contribution in [3.8, 4) is 5.75 Å². The number of nitrogens with zero attached hydrogens (tertiary/aromatic N) is 2. The fraction of sp³-hybridized carbons (Fsp3) is 0.440. The molecule has 4 rings (SSSR count). The molecule has 0 radical (unpaired) electrons. The summed E-state index contributed by atoms with van der Waals surface area (Å²) >= 11 is 0. The molecule has 1 fully saturated rings. The van der Waals surface area contributed by atoms with Crippen molar-refractivity contribution in [2.45, 2.75) is 25.8 Å². The number of benzene rings is 2. The summed E-state index contributed by atoms with van der Waals surface area (Å²) in [5.41, 5.74) is 4.03. The minimum Gasteiger partial charge on any atom is -0.497 e. The van der Waals surface area contributed by atoms with E-state index in [9.17, 15) is 0 Å². The molecule has 2 heterocycles. The van der Waals surface area contributed by atoms with Crippen molar-refractivity contribution >= 4 is 10.9 Å². The van der Waals surface area contributed by atoms with Crippen LogP contribution in [0.2, 0.25) is 0 Å². The molecule has 0 aliphatic carbocycles. The van der Waals surface area contributed by atoms with Gasteiger partial charge in [-0.2, -0.15) is 0 Å². The van der Waals surface area contributed by atoms with Crippen LogP contribution in [0.1, 0.15) is 24.0 Å². The van der Waals surface area contributed by atoms with Gasteiger partial charge in [0.15, 0.2) is 0 Å². The van der Waals surface area contributed by atoms with Crippen molar-refractivity contribution in [2.75, 3.05) is 40.3 Å². The van der Waals surface area contributed by atoms with Gasteiger partial charge in [-0.05, 0) is 68.1 Å². The lowest BCUT2D eigenvalue weighted by atomic mass is 9.97.